The third-order valence-electron chi connectivity index (χ3n) is 8.09. The van der Waals surface area contributed by atoms with Gasteiger partial charge in [0.2, 0.25) is 11.8 Å². The number of hydrogen-bond donors (Lipinski definition) is 1. The Bertz CT molecular complexity index is 1450. The highest BCUT2D eigenvalue weighted by Gasteiger charge is 2.57. The van der Waals surface area contributed by atoms with Crippen LogP contribution in [0.1, 0.15) is 56.6 Å². The van der Waals surface area contributed by atoms with Gasteiger partial charge in [-0.2, -0.15) is 0 Å². The highest BCUT2D eigenvalue weighted by Crippen LogP contribution is 2.55. The van der Waals surface area contributed by atoms with Crippen LogP contribution in [0.3, 0.4) is 0 Å². The van der Waals surface area contributed by atoms with Crippen molar-refractivity contribution in [2.75, 3.05) is 7.11 Å². The van der Waals surface area contributed by atoms with Crippen molar-refractivity contribution in [3.05, 3.63) is 83.5 Å². The fourth-order valence-corrected chi connectivity index (χ4v) is 6.38. The number of ether oxygens (including phenoxy) is 1. The Kier molecular flexibility index (Phi) is 7.10. The maximum Gasteiger partial charge on any atom is 0.317 e. The number of amides is 2. The summed E-state index contributed by atoms with van der Waals surface area (Å²) in [7, 11) is 1.40. The van der Waals surface area contributed by atoms with Crippen LogP contribution in [0.15, 0.2) is 70.8 Å². The molecule has 1 N–H and O–H groups in total. The van der Waals surface area contributed by atoms with Crippen LogP contribution in [0.25, 0.3) is 10.8 Å². The third-order valence-corrected chi connectivity index (χ3v) is 8.09. The van der Waals surface area contributed by atoms with Crippen LogP contribution in [0.2, 0.25) is 0 Å². The third kappa shape index (κ3) is 5.22. The zero-order valence-electron chi connectivity index (χ0n) is 23.1. The molecule has 0 bridgehead atoms. The number of nitrogens with zero attached hydrogens (tertiary/aromatic N) is 1. The first-order valence-corrected chi connectivity index (χ1v) is 13.5. The minimum absolute atomic E-state index is 0.0169. The summed E-state index contributed by atoms with van der Waals surface area (Å²) in [4.78, 5) is 42.4. The summed E-state index contributed by atoms with van der Waals surface area (Å²) in [5, 5.41) is 5.02. The fourth-order valence-electron chi connectivity index (χ4n) is 6.38. The molecule has 2 aliphatic rings. The number of hydrogen-bond acceptors (Lipinski definition) is 5. The number of rotatable bonds is 7. The highest BCUT2D eigenvalue weighted by atomic mass is 16.5. The molecule has 0 saturated carbocycles. The molecule has 1 aliphatic carbocycles. The quantitative estimate of drug-likeness (QED) is 0.400. The molecule has 204 valence electrons. The molecule has 5 rings (SSSR count). The molecular weight excluding hydrogens is 492 g/mol. The van der Waals surface area contributed by atoms with Gasteiger partial charge < -0.3 is 19.4 Å². The van der Waals surface area contributed by atoms with Gasteiger partial charge in [-0.25, -0.2) is 0 Å². The molecule has 0 radical (unpaired) electrons. The minimum Gasteiger partial charge on any atom is -0.468 e. The van der Waals surface area contributed by atoms with Gasteiger partial charge in [-0.1, -0.05) is 62.4 Å². The highest BCUT2D eigenvalue weighted by molar-refractivity contribution is 5.93. The van der Waals surface area contributed by atoms with Gasteiger partial charge in [-0.05, 0) is 60.1 Å². The van der Waals surface area contributed by atoms with Crippen molar-refractivity contribution in [2.45, 2.75) is 59.5 Å². The van der Waals surface area contributed by atoms with E-state index in [0.29, 0.717) is 24.4 Å². The van der Waals surface area contributed by atoms with Crippen molar-refractivity contribution in [1.29, 1.82) is 0 Å². The van der Waals surface area contributed by atoms with Crippen LogP contribution in [-0.2, 0) is 32.2 Å². The largest absolute Gasteiger partial charge is 0.468 e. The van der Waals surface area contributed by atoms with Crippen molar-refractivity contribution in [3.8, 4) is 0 Å². The van der Waals surface area contributed by atoms with Crippen molar-refractivity contribution in [3.63, 3.8) is 0 Å². The van der Waals surface area contributed by atoms with Crippen LogP contribution in [0, 0.1) is 23.7 Å². The molecule has 1 aliphatic heterocycles. The van der Waals surface area contributed by atoms with E-state index in [0.717, 1.165) is 28.5 Å². The molecule has 39 heavy (non-hydrogen) atoms. The van der Waals surface area contributed by atoms with Crippen molar-refractivity contribution in [1.82, 2.24) is 10.2 Å². The first-order valence-electron chi connectivity index (χ1n) is 13.5. The van der Waals surface area contributed by atoms with Crippen molar-refractivity contribution >= 4 is 28.6 Å². The summed E-state index contributed by atoms with van der Waals surface area (Å²) in [6.07, 6.45) is 3.55. The van der Waals surface area contributed by atoms with Gasteiger partial charge in [0.15, 0.2) is 0 Å². The molecule has 1 fully saturated rings. The predicted octanol–water partition coefficient (Wildman–Crippen LogP) is 5.66. The average Bonchev–Trinajstić information content (AvgIpc) is 3.34. The van der Waals surface area contributed by atoms with E-state index in [-0.39, 0.29) is 42.6 Å². The molecule has 0 unspecified atom stereocenters. The number of carbonyl (C=O) groups excluding carboxylic acids is 3. The molecular formula is C32H36N2O5. The maximum absolute atomic E-state index is 14.1. The summed E-state index contributed by atoms with van der Waals surface area (Å²) >= 11 is 0. The normalized spacial score (nSPS) is 22.3. The molecule has 2 amide bonds. The van der Waals surface area contributed by atoms with E-state index in [4.69, 9.17) is 9.15 Å². The molecule has 0 spiro atoms. The van der Waals surface area contributed by atoms with E-state index < -0.39 is 11.3 Å². The molecule has 2 atom stereocenters. The van der Waals surface area contributed by atoms with E-state index in [1.165, 1.54) is 7.11 Å². The molecule has 2 aromatic carbocycles. The number of likely N-dealkylation sites (tertiary alicyclic amines) is 1. The molecule has 7 nitrogen and oxygen atoms in total. The molecule has 1 aromatic heterocycles. The smallest absolute Gasteiger partial charge is 0.317 e. The zero-order valence-corrected chi connectivity index (χ0v) is 23.1. The van der Waals surface area contributed by atoms with Gasteiger partial charge in [-0.3, -0.25) is 14.4 Å². The Morgan fingerprint density at radius 3 is 2.62 bits per heavy atom. The lowest BCUT2D eigenvalue weighted by molar-refractivity contribution is -0.162. The van der Waals surface area contributed by atoms with E-state index in [1.807, 2.05) is 67.6 Å². The molecule has 2 heterocycles. The second-order valence-electron chi connectivity index (χ2n) is 11.7. The van der Waals surface area contributed by atoms with Crippen LogP contribution in [-0.4, -0.2) is 29.8 Å². The lowest BCUT2D eigenvalue weighted by Gasteiger charge is -2.51. The summed E-state index contributed by atoms with van der Waals surface area (Å²) in [5.41, 5.74) is 0.532. The molecule has 7 heteroatoms. The topological polar surface area (TPSA) is 88.9 Å². The monoisotopic (exact) mass is 528 g/mol. The number of aryl methyl sites for hydroxylation is 1. The summed E-state index contributed by atoms with van der Waals surface area (Å²) in [5.74, 6) is 0.00744. The minimum atomic E-state index is -1.00. The van der Waals surface area contributed by atoms with Crippen LogP contribution in [0.4, 0.5) is 0 Å². The van der Waals surface area contributed by atoms with E-state index >= 15 is 0 Å². The second kappa shape index (κ2) is 10.4. The second-order valence-corrected chi connectivity index (χ2v) is 11.7. The van der Waals surface area contributed by atoms with Gasteiger partial charge in [0.05, 0.1) is 20.2 Å². The van der Waals surface area contributed by atoms with Gasteiger partial charge in [0, 0.05) is 18.0 Å². The van der Waals surface area contributed by atoms with Crippen LogP contribution < -0.4 is 5.32 Å². The summed E-state index contributed by atoms with van der Waals surface area (Å²) in [6, 6.07) is 17.8. The van der Waals surface area contributed by atoms with E-state index in [9.17, 15) is 14.4 Å². The fraction of sp³-hybridized carbons (Fsp3) is 0.406. The van der Waals surface area contributed by atoms with E-state index in [2.05, 4.69) is 19.2 Å². The van der Waals surface area contributed by atoms with Crippen molar-refractivity contribution < 1.29 is 23.5 Å². The van der Waals surface area contributed by atoms with Crippen LogP contribution >= 0.6 is 0 Å². The number of nitrogens with one attached hydrogen (secondary N) is 1. The van der Waals surface area contributed by atoms with Crippen LogP contribution in [0.5, 0.6) is 0 Å². The predicted molar refractivity (Wildman–Crippen MR) is 148 cm³/mol. The molecule has 3 aromatic rings. The maximum atomic E-state index is 14.1. The van der Waals surface area contributed by atoms with Gasteiger partial charge in [-0.15, -0.1) is 0 Å². The Morgan fingerprint density at radius 2 is 1.87 bits per heavy atom. The van der Waals surface area contributed by atoms with E-state index in [1.54, 1.807) is 4.90 Å². The Morgan fingerprint density at radius 1 is 1.10 bits per heavy atom. The summed E-state index contributed by atoms with van der Waals surface area (Å²) < 4.78 is 10.9. The van der Waals surface area contributed by atoms with Gasteiger partial charge in [0.1, 0.15) is 16.9 Å². The molecule has 1 saturated heterocycles. The Balaban J connectivity index is 1.49. The number of esters is 1. The standard InChI is InChI=1S/C32H36N2O5/c1-21-12-13-25(39-21)18-33-28(35)16-24-17-32(30(37)38-4)20-31(2,3)15-14-27(32)34(29(24)36)19-23-10-7-9-22-8-5-6-11-26(22)23/h5-14,24H,15-20H2,1-4H3,(H,33,35)/t24-,32-/m1/s1. The SMILES string of the molecule is COC(=O)[C@@]12C[C@@H](CC(=O)NCc3ccc(C)o3)C(=O)N(Cc3cccc4ccccc34)C1=CCC(C)(C)C2. The van der Waals surface area contributed by atoms with Gasteiger partial charge in [0.25, 0.3) is 0 Å². The number of methoxy groups -OCH3 is 1. The average molecular weight is 529 g/mol. The number of benzene rings is 2. The number of carbonyl (C=O) groups is 3. The number of fused-ring (bicyclic) bond motifs is 2. The lowest BCUT2D eigenvalue weighted by Crippen LogP contribution is -2.55. The van der Waals surface area contributed by atoms with Crippen molar-refractivity contribution in [2.24, 2.45) is 16.7 Å². The first-order chi connectivity index (χ1) is 18.6. The summed E-state index contributed by atoms with van der Waals surface area (Å²) in [6.45, 7) is 6.66. The number of allylic oxidation sites excluding steroid dienone is 1. The Hall–Kier alpha value is -3.87. The van der Waals surface area contributed by atoms with Gasteiger partial charge >= 0.3 is 5.97 Å². The number of furan rings is 1. The zero-order chi connectivity index (χ0) is 27.8. The lowest BCUT2D eigenvalue weighted by atomic mass is 9.59. The number of piperidine rings is 1. The Labute approximate surface area is 229 Å². The first kappa shape index (κ1) is 26.7.